The number of aromatic nitrogens is 3. The van der Waals surface area contributed by atoms with Crippen LogP contribution in [0.25, 0.3) is 0 Å². The fourth-order valence-corrected chi connectivity index (χ4v) is 4.75. The van der Waals surface area contributed by atoms with E-state index in [1.807, 2.05) is 20.8 Å². The fraction of sp³-hybridized carbons (Fsp3) is 0.579. The summed E-state index contributed by atoms with van der Waals surface area (Å²) in [5, 5.41) is 4.10. The largest absolute Gasteiger partial charge is 0.451 e. The first-order valence-corrected chi connectivity index (χ1v) is 11.5. The Morgan fingerprint density at radius 2 is 1.97 bits per heavy atom. The van der Waals surface area contributed by atoms with Gasteiger partial charge in [0, 0.05) is 37.3 Å². The van der Waals surface area contributed by atoms with Crippen LogP contribution in [0.15, 0.2) is 22.8 Å². The van der Waals surface area contributed by atoms with Crippen LogP contribution >= 0.6 is 23.1 Å². The molecule has 170 valence electrons. The van der Waals surface area contributed by atoms with Gasteiger partial charge in [0.25, 0.3) is 0 Å². The Balaban J connectivity index is 1.50. The molecule has 3 rings (SSSR count). The number of likely N-dealkylation sites (tertiary alicyclic amines) is 1. The molecular formula is C19H24F3N5O2S2. The maximum atomic E-state index is 12.5. The molecule has 1 amide bonds. The quantitative estimate of drug-likeness (QED) is 0.606. The van der Waals surface area contributed by atoms with E-state index in [0.717, 1.165) is 22.2 Å². The van der Waals surface area contributed by atoms with Crippen LogP contribution in [-0.2, 0) is 16.7 Å². The van der Waals surface area contributed by atoms with Crippen LogP contribution in [0.3, 0.4) is 0 Å². The number of thioether (sulfide) groups is 1. The number of amides is 1. The summed E-state index contributed by atoms with van der Waals surface area (Å²) in [5.41, 5.74) is 0.0676. The number of rotatable bonds is 5. The van der Waals surface area contributed by atoms with Crippen molar-refractivity contribution in [2.24, 2.45) is 0 Å². The van der Waals surface area contributed by atoms with Crippen molar-refractivity contribution in [2.45, 2.75) is 61.4 Å². The number of ether oxygens (including phenoxy) is 1. The van der Waals surface area contributed by atoms with Crippen LogP contribution in [0.2, 0.25) is 0 Å². The van der Waals surface area contributed by atoms with Gasteiger partial charge in [0.05, 0.1) is 10.4 Å². The lowest BCUT2D eigenvalue weighted by Crippen LogP contribution is -2.46. The average Bonchev–Trinajstić information content (AvgIpc) is 3.12. The molecule has 3 heterocycles. The van der Waals surface area contributed by atoms with E-state index in [9.17, 15) is 18.0 Å². The minimum Gasteiger partial charge on any atom is -0.444 e. The van der Waals surface area contributed by atoms with E-state index in [1.54, 1.807) is 11.1 Å². The fourth-order valence-electron chi connectivity index (χ4n) is 2.88. The predicted molar refractivity (Wildman–Crippen MR) is 113 cm³/mol. The van der Waals surface area contributed by atoms with Gasteiger partial charge in [-0.15, -0.1) is 11.8 Å². The normalized spacial score (nSPS) is 17.5. The second-order valence-electron chi connectivity index (χ2n) is 8.10. The number of alkyl halides is 3. The summed E-state index contributed by atoms with van der Waals surface area (Å²) in [6, 6.07) is 0.0774. The summed E-state index contributed by atoms with van der Waals surface area (Å²) in [7, 11) is 0. The number of thiazole rings is 1. The molecule has 0 unspecified atom stereocenters. The summed E-state index contributed by atoms with van der Waals surface area (Å²) in [5.74, 6) is -0.700. The Morgan fingerprint density at radius 3 is 2.61 bits per heavy atom. The van der Waals surface area contributed by atoms with E-state index < -0.39 is 17.6 Å². The molecule has 12 heteroatoms. The Bertz CT molecular complexity index is 884. The standard InChI is InChI=1S/C19H24F3N5O2S2/c1-18(2,3)29-17(28)27-6-4-5-13(10-27)26-16-25-9-14(31-16)30-11-12-7-23-15(24-8-12)19(20,21)22/h7-9,13H,4-6,10-11H2,1-3H3,(H,25,26)/t13-/m1/s1. The number of halogens is 3. The van der Waals surface area contributed by atoms with Gasteiger partial charge in [-0.25, -0.2) is 19.7 Å². The molecule has 0 bridgehead atoms. The Hall–Kier alpha value is -2.08. The van der Waals surface area contributed by atoms with Gasteiger partial charge >= 0.3 is 12.3 Å². The van der Waals surface area contributed by atoms with E-state index in [-0.39, 0.29) is 12.1 Å². The second kappa shape index (κ2) is 9.60. The number of carbonyl (C=O) groups excluding carboxylic acids is 1. The van der Waals surface area contributed by atoms with E-state index in [4.69, 9.17) is 4.74 Å². The first kappa shape index (κ1) is 23.6. The third-order valence-electron chi connectivity index (χ3n) is 4.23. The topological polar surface area (TPSA) is 80.2 Å². The van der Waals surface area contributed by atoms with Crippen molar-refractivity contribution < 1.29 is 22.7 Å². The molecule has 1 saturated heterocycles. The SMILES string of the molecule is CC(C)(C)OC(=O)N1CCC[C@@H](Nc2ncc(SCc3cnc(C(F)(F)F)nc3)s2)C1. The minimum absolute atomic E-state index is 0.0774. The monoisotopic (exact) mass is 475 g/mol. The van der Waals surface area contributed by atoms with Crippen LogP contribution in [0.1, 0.15) is 45.0 Å². The van der Waals surface area contributed by atoms with Gasteiger partial charge in [-0.2, -0.15) is 13.2 Å². The van der Waals surface area contributed by atoms with Crippen LogP contribution in [-0.4, -0.2) is 50.7 Å². The second-order valence-corrected chi connectivity index (χ2v) is 10.4. The van der Waals surface area contributed by atoms with E-state index >= 15 is 0 Å². The maximum absolute atomic E-state index is 12.5. The van der Waals surface area contributed by atoms with Crippen molar-refractivity contribution >= 4 is 34.3 Å². The molecule has 1 N–H and O–H groups in total. The molecular weight excluding hydrogens is 451 g/mol. The molecule has 0 radical (unpaired) electrons. The maximum Gasteiger partial charge on any atom is 0.451 e. The van der Waals surface area contributed by atoms with Gasteiger partial charge in [-0.3, -0.25) is 0 Å². The zero-order valence-electron chi connectivity index (χ0n) is 17.4. The highest BCUT2D eigenvalue weighted by molar-refractivity contribution is 8.00. The molecule has 1 fully saturated rings. The van der Waals surface area contributed by atoms with Crippen molar-refractivity contribution in [1.82, 2.24) is 19.9 Å². The zero-order valence-corrected chi connectivity index (χ0v) is 19.0. The highest BCUT2D eigenvalue weighted by atomic mass is 32.2. The lowest BCUT2D eigenvalue weighted by atomic mass is 10.1. The molecule has 1 atom stereocenters. The lowest BCUT2D eigenvalue weighted by molar-refractivity contribution is -0.145. The van der Waals surface area contributed by atoms with Gasteiger partial charge in [0.1, 0.15) is 5.60 Å². The number of anilines is 1. The first-order valence-electron chi connectivity index (χ1n) is 9.71. The van der Waals surface area contributed by atoms with Crippen molar-refractivity contribution in [3.05, 3.63) is 30.0 Å². The van der Waals surface area contributed by atoms with Crippen LogP contribution < -0.4 is 5.32 Å². The minimum atomic E-state index is -4.54. The van der Waals surface area contributed by atoms with Crippen LogP contribution in [0.4, 0.5) is 23.1 Å². The number of piperidine rings is 1. The van der Waals surface area contributed by atoms with Gasteiger partial charge in [0.15, 0.2) is 5.13 Å². The summed E-state index contributed by atoms with van der Waals surface area (Å²) < 4.78 is 44.0. The molecule has 1 aliphatic heterocycles. The predicted octanol–water partition coefficient (Wildman–Crippen LogP) is 5.06. The van der Waals surface area contributed by atoms with Gasteiger partial charge in [-0.1, -0.05) is 11.3 Å². The molecule has 0 aliphatic carbocycles. The Kier molecular flexibility index (Phi) is 7.30. The number of hydrogen-bond donors (Lipinski definition) is 1. The zero-order chi connectivity index (χ0) is 22.6. The van der Waals surface area contributed by atoms with Gasteiger partial charge in [-0.05, 0) is 39.2 Å². The Morgan fingerprint density at radius 1 is 1.26 bits per heavy atom. The summed E-state index contributed by atoms with van der Waals surface area (Å²) in [6.07, 6.45) is 1.04. The summed E-state index contributed by atoms with van der Waals surface area (Å²) in [4.78, 5) is 25.1. The molecule has 7 nitrogen and oxygen atoms in total. The van der Waals surface area contributed by atoms with Gasteiger partial charge in [0.2, 0.25) is 5.82 Å². The van der Waals surface area contributed by atoms with Crippen molar-refractivity contribution in [3.8, 4) is 0 Å². The van der Waals surface area contributed by atoms with Crippen LogP contribution in [0.5, 0.6) is 0 Å². The first-order chi connectivity index (χ1) is 14.5. The Labute approximate surface area is 186 Å². The summed E-state index contributed by atoms with van der Waals surface area (Å²) >= 11 is 2.91. The number of carbonyl (C=O) groups is 1. The van der Waals surface area contributed by atoms with Crippen molar-refractivity contribution in [1.29, 1.82) is 0 Å². The number of nitrogens with one attached hydrogen (secondary N) is 1. The number of hydrogen-bond acceptors (Lipinski definition) is 8. The number of nitrogens with zero attached hydrogens (tertiary/aromatic N) is 4. The molecule has 0 saturated carbocycles. The summed E-state index contributed by atoms with van der Waals surface area (Å²) in [6.45, 7) is 6.74. The third kappa shape index (κ3) is 7.23. The molecule has 2 aromatic rings. The highest BCUT2D eigenvalue weighted by Crippen LogP contribution is 2.32. The molecule has 2 aromatic heterocycles. The van der Waals surface area contributed by atoms with E-state index in [2.05, 4.69) is 20.3 Å². The van der Waals surface area contributed by atoms with E-state index in [1.165, 1.54) is 35.5 Å². The van der Waals surface area contributed by atoms with Gasteiger partial charge < -0.3 is 15.0 Å². The van der Waals surface area contributed by atoms with Crippen molar-refractivity contribution in [3.63, 3.8) is 0 Å². The lowest BCUT2D eigenvalue weighted by Gasteiger charge is -2.34. The highest BCUT2D eigenvalue weighted by Gasteiger charge is 2.34. The average molecular weight is 476 g/mol. The third-order valence-corrected chi connectivity index (χ3v) is 6.42. The van der Waals surface area contributed by atoms with Crippen LogP contribution in [0, 0.1) is 0 Å². The molecule has 1 aliphatic rings. The van der Waals surface area contributed by atoms with E-state index in [0.29, 0.717) is 24.4 Å². The smallest absolute Gasteiger partial charge is 0.444 e. The molecule has 0 spiro atoms. The molecule has 31 heavy (non-hydrogen) atoms. The molecule has 0 aromatic carbocycles. The van der Waals surface area contributed by atoms with Crippen molar-refractivity contribution in [2.75, 3.05) is 18.4 Å².